The molecule has 21 heavy (non-hydrogen) atoms. The highest BCUT2D eigenvalue weighted by Gasteiger charge is 2.20. The van der Waals surface area contributed by atoms with E-state index in [1.807, 2.05) is 13.0 Å². The van der Waals surface area contributed by atoms with E-state index in [-0.39, 0.29) is 0 Å². The Morgan fingerprint density at radius 1 is 1.24 bits per heavy atom. The molecule has 1 saturated carbocycles. The van der Waals surface area contributed by atoms with Gasteiger partial charge in [0.25, 0.3) is 0 Å². The minimum absolute atomic E-state index is 0.416. The Bertz CT molecular complexity index is 430. The van der Waals surface area contributed by atoms with Gasteiger partial charge in [0.1, 0.15) is 18.2 Å². The quantitative estimate of drug-likeness (QED) is 0.806. The van der Waals surface area contributed by atoms with Crippen molar-refractivity contribution in [2.75, 3.05) is 17.7 Å². The summed E-state index contributed by atoms with van der Waals surface area (Å²) < 4.78 is 5.35. The van der Waals surface area contributed by atoms with Gasteiger partial charge in [-0.15, -0.1) is 0 Å². The summed E-state index contributed by atoms with van der Waals surface area (Å²) in [5, 5.41) is 3.51. The van der Waals surface area contributed by atoms with Gasteiger partial charge < -0.3 is 15.8 Å². The van der Waals surface area contributed by atoms with E-state index in [9.17, 15) is 0 Å². The molecule has 5 nitrogen and oxygen atoms in total. The number of nitrogen functional groups attached to an aromatic ring is 1. The molecule has 5 heteroatoms. The van der Waals surface area contributed by atoms with Crippen LogP contribution in [0.1, 0.15) is 58.2 Å². The first kappa shape index (κ1) is 16.0. The van der Waals surface area contributed by atoms with Gasteiger partial charge in [-0.25, -0.2) is 9.97 Å². The van der Waals surface area contributed by atoms with Crippen LogP contribution in [0.3, 0.4) is 0 Å². The van der Waals surface area contributed by atoms with Gasteiger partial charge in [-0.2, -0.15) is 0 Å². The Hall–Kier alpha value is -1.36. The Balaban J connectivity index is 1.89. The van der Waals surface area contributed by atoms with Crippen molar-refractivity contribution in [2.24, 2.45) is 5.92 Å². The Morgan fingerprint density at radius 3 is 2.67 bits per heavy atom. The van der Waals surface area contributed by atoms with Crippen molar-refractivity contribution in [2.45, 2.75) is 65.0 Å². The largest absolute Gasteiger partial charge is 0.384 e. The van der Waals surface area contributed by atoms with E-state index in [0.717, 1.165) is 11.7 Å². The average Bonchev–Trinajstić information content (AvgIpc) is 2.47. The molecule has 1 aliphatic rings. The van der Waals surface area contributed by atoms with Crippen LogP contribution in [0.4, 0.5) is 11.6 Å². The molecule has 1 heterocycles. The van der Waals surface area contributed by atoms with Gasteiger partial charge >= 0.3 is 0 Å². The van der Waals surface area contributed by atoms with E-state index >= 15 is 0 Å². The monoisotopic (exact) mass is 292 g/mol. The summed E-state index contributed by atoms with van der Waals surface area (Å²) in [6, 6.07) is 2.32. The third-order valence-corrected chi connectivity index (χ3v) is 4.12. The molecule has 3 N–H and O–H groups in total. The molecule has 118 valence electrons. The maximum Gasteiger partial charge on any atom is 0.158 e. The second kappa shape index (κ2) is 8.17. The fourth-order valence-electron chi connectivity index (χ4n) is 3.06. The van der Waals surface area contributed by atoms with Crippen LogP contribution in [0.15, 0.2) is 6.07 Å². The van der Waals surface area contributed by atoms with Crippen molar-refractivity contribution in [3.05, 3.63) is 11.9 Å². The maximum absolute atomic E-state index is 5.85. The van der Waals surface area contributed by atoms with Gasteiger partial charge in [-0.05, 0) is 38.5 Å². The lowest BCUT2D eigenvalue weighted by Crippen LogP contribution is -2.26. The van der Waals surface area contributed by atoms with Crippen molar-refractivity contribution in [3.8, 4) is 0 Å². The Morgan fingerprint density at radius 2 is 2.00 bits per heavy atom. The predicted octanol–water partition coefficient (Wildman–Crippen LogP) is 3.37. The molecule has 0 aliphatic heterocycles. The molecule has 0 aromatic carbocycles. The zero-order valence-corrected chi connectivity index (χ0v) is 13.3. The van der Waals surface area contributed by atoms with Crippen molar-refractivity contribution >= 4 is 11.6 Å². The first-order valence-corrected chi connectivity index (χ1v) is 8.19. The molecule has 0 saturated heterocycles. The third kappa shape index (κ3) is 5.16. The molecule has 2 rings (SSSR count). The van der Waals surface area contributed by atoms with Crippen LogP contribution in [-0.2, 0) is 11.3 Å². The molecule has 1 aliphatic carbocycles. The van der Waals surface area contributed by atoms with Crippen LogP contribution < -0.4 is 11.1 Å². The normalized spacial score (nSPS) is 22.2. The minimum Gasteiger partial charge on any atom is -0.384 e. The fourth-order valence-corrected chi connectivity index (χ4v) is 3.06. The number of nitrogens with zero attached hydrogens (tertiary/aromatic N) is 2. The van der Waals surface area contributed by atoms with E-state index in [2.05, 4.69) is 22.2 Å². The number of ether oxygens (including phenoxy) is 1. The Kier molecular flexibility index (Phi) is 6.23. The van der Waals surface area contributed by atoms with Crippen LogP contribution in [0.5, 0.6) is 0 Å². The zero-order valence-electron chi connectivity index (χ0n) is 13.3. The SMILES string of the molecule is CCCC1CCC(Nc2cc(N)nc(COCC)n2)CC1. The van der Waals surface area contributed by atoms with Gasteiger partial charge in [0.15, 0.2) is 5.82 Å². The number of nitrogens with one attached hydrogen (secondary N) is 1. The minimum atomic E-state index is 0.416. The second-order valence-corrected chi connectivity index (χ2v) is 5.88. The summed E-state index contributed by atoms with van der Waals surface area (Å²) in [5.74, 6) is 2.90. The second-order valence-electron chi connectivity index (χ2n) is 5.88. The van der Waals surface area contributed by atoms with Crippen LogP contribution in [0.2, 0.25) is 0 Å². The van der Waals surface area contributed by atoms with Gasteiger partial charge in [0.2, 0.25) is 0 Å². The lowest BCUT2D eigenvalue weighted by atomic mass is 9.83. The molecule has 0 amide bonds. The molecule has 1 aromatic rings. The fraction of sp³-hybridized carbons (Fsp3) is 0.750. The number of hydrogen-bond donors (Lipinski definition) is 2. The lowest BCUT2D eigenvalue weighted by molar-refractivity contribution is 0.128. The van der Waals surface area contributed by atoms with Crippen molar-refractivity contribution in [1.82, 2.24) is 9.97 Å². The summed E-state index contributed by atoms with van der Waals surface area (Å²) in [4.78, 5) is 8.70. The standard InChI is InChI=1S/C16H28N4O/c1-3-5-12-6-8-13(9-7-12)18-15-10-14(17)19-16(20-15)11-21-4-2/h10,12-13H,3-9,11H2,1-2H3,(H3,17,18,19,20). The molecule has 0 atom stereocenters. The zero-order chi connectivity index (χ0) is 15.1. The van der Waals surface area contributed by atoms with Gasteiger partial charge in [0, 0.05) is 18.7 Å². The van der Waals surface area contributed by atoms with Crippen molar-refractivity contribution in [3.63, 3.8) is 0 Å². The summed E-state index contributed by atoms with van der Waals surface area (Å²) in [6.45, 7) is 5.30. The summed E-state index contributed by atoms with van der Waals surface area (Å²) >= 11 is 0. The molecular weight excluding hydrogens is 264 g/mol. The van der Waals surface area contributed by atoms with E-state index in [0.29, 0.717) is 30.9 Å². The number of anilines is 2. The first-order chi connectivity index (χ1) is 10.2. The number of hydrogen-bond acceptors (Lipinski definition) is 5. The smallest absolute Gasteiger partial charge is 0.158 e. The molecule has 0 radical (unpaired) electrons. The molecule has 0 bridgehead atoms. The summed E-state index contributed by atoms with van der Waals surface area (Å²) in [7, 11) is 0. The topological polar surface area (TPSA) is 73.1 Å². The van der Waals surface area contributed by atoms with E-state index in [1.54, 1.807) is 0 Å². The highest BCUT2D eigenvalue weighted by molar-refractivity contribution is 5.45. The molecule has 1 fully saturated rings. The van der Waals surface area contributed by atoms with Gasteiger partial charge in [-0.1, -0.05) is 19.8 Å². The number of aromatic nitrogens is 2. The van der Waals surface area contributed by atoms with Crippen LogP contribution >= 0.6 is 0 Å². The third-order valence-electron chi connectivity index (χ3n) is 4.12. The van der Waals surface area contributed by atoms with E-state index in [1.165, 1.54) is 38.5 Å². The Labute approximate surface area is 127 Å². The highest BCUT2D eigenvalue weighted by atomic mass is 16.5. The highest BCUT2D eigenvalue weighted by Crippen LogP contribution is 2.29. The van der Waals surface area contributed by atoms with Crippen LogP contribution in [0.25, 0.3) is 0 Å². The number of rotatable bonds is 7. The molecule has 0 unspecified atom stereocenters. The van der Waals surface area contributed by atoms with Crippen molar-refractivity contribution in [1.29, 1.82) is 0 Å². The molecule has 0 spiro atoms. The first-order valence-electron chi connectivity index (χ1n) is 8.19. The van der Waals surface area contributed by atoms with Crippen LogP contribution in [-0.4, -0.2) is 22.6 Å². The maximum atomic E-state index is 5.85. The van der Waals surface area contributed by atoms with E-state index < -0.39 is 0 Å². The van der Waals surface area contributed by atoms with E-state index in [4.69, 9.17) is 10.5 Å². The van der Waals surface area contributed by atoms with Crippen LogP contribution in [0, 0.1) is 5.92 Å². The average molecular weight is 292 g/mol. The van der Waals surface area contributed by atoms with Gasteiger partial charge in [-0.3, -0.25) is 0 Å². The summed E-state index contributed by atoms with van der Waals surface area (Å²) in [6.07, 6.45) is 7.73. The number of nitrogens with two attached hydrogens (primary N) is 1. The summed E-state index contributed by atoms with van der Waals surface area (Å²) in [5.41, 5.74) is 5.85. The molecule has 1 aromatic heterocycles. The molecular formula is C16H28N4O. The van der Waals surface area contributed by atoms with Gasteiger partial charge in [0.05, 0.1) is 0 Å². The lowest BCUT2D eigenvalue weighted by Gasteiger charge is -2.29. The predicted molar refractivity (Wildman–Crippen MR) is 86.1 cm³/mol. The van der Waals surface area contributed by atoms with Crippen molar-refractivity contribution < 1.29 is 4.74 Å².